The van der Waals surface area contributed by atoms with Crippen molar-refractivity contribution in [3.63, 3.8) is 0 Å². The maximum absolute atomic E-state index is 9.29. The molecule has 2 atom stereocenters. The second-order valence-corrected chi connectivity index (χ2v) is 3.11. The highest BCUT2D eigenvalue weighted by Crippen LogP contribution is 2.00. The first-order valence-corrected chi connectivity index (χ1v) is 4.60. The Hall–Kier alpha value is -0.560. The lowest BCUT2D eigenvalue weighted by Crippen LogP contribution is -2.18. The van der Waals surface area contributed by atoms with Gasteiger partial charge in [-0.25, -0.2) is 0 Å². The standard InChI is InChI=1S/C10H18O3/c1-9(8-12)10(13)6-4-2-3-5-7-11/h9-13H,2-3,5,7-8H2,1H3/t9-,10-/m0/s1. The molecule has 0 bridgehead atoms. The average Bonchev–Trinajstić information content (AvgIpc) is 2.16. The number of hydrogen-bond donors (Lipinski definition) is 3. The number of unbranched alkanes of at least 4 members (excludes halogenated alkanes) is 2. The van der Waals surface area contributed by atoms with Crippen molar-refractivity contribution in [2.45, 2.75) is 32.3 Å². The molecule has 0 rings (SSSR count). The van der Waals surface area contributed by atoms with Crippen LogP contribution in [0.4, 0.5) is 0 Å². The highest BCUT2D eigenvalue weighted by molar-refractivity contribution is 5.05. The van der Waals surface area contributed by atoms with Crippen LogP contribution >= 0.6 is 0 Å². The second-order valence-electron chi connectivity index (χ2n) is 3.11. The third-order valence-electron chi connectivity index (χ3n) is 1.79. The van der Waals surface area contributed by atoms with Crippen molar-refractivity contribution in [2.75, 3.05) is 13.2 Å². The Morgan fingerprint density at radius 3 is 2.46 bits per heavy atom. The molecule has 0 fully saturated rings. The van der Waals surface area contributed by atoms with E-state index < -0.39 is 6.10 Å². The fourth-order valence-corrected chi connectivity index (χ4v) is 0.744. The third kappa shape index (κ3) is 6.59. The van der Waals surface area contributed by atoms with Crippen LogP contribution < -0.4 is 0 Å². The van der Waals surface area contributed by atoms with Gasteiger partial charge in [-0.1, -0.05) is 12.8 Å². The zero-order chi connectivity index (χ0) is 10.1. The van der Waals surface area contributed by atoms with E-state index in [1.54, 1.807) is 6.92 Å². The molecule has 3 nitrogen and oxygen atoms in total. The molecule has 0 aliphatic rings. The summed E-state index contributed by atoms with van der Waals surface area (Å²) in [5.74, 6) is 5.28. The monoisotopic (exact) mass is 186 g/mol. The SMILES string of the molecule is C[C@@H](CO)[C@@H](O)C#CCCCCO. The van der Waals surface area contributed by atoms with Crippen molar-refractivity contribution in [3.05, 3.63) is 0 Å². The summed E-state index contributed by atoms with van der Waals surface area (Å²) in [7, 11) is 0. The average molecular weight is 186 g/mol. The first kappa shape index (κ1) is 12.4. The molecule has 0 saturated carbocycles. The molecule has 0 unspecified atom stereocenters. The summed E-state index contributed by atoms with van der Waals surface area (Å²) in [6.45, 7) is 1.89. The Balaban J connectivity index is 3.56. The summed E-state index contributed by atoms with van der Waals surface area (Å²) in [4.78, 5) is 0. The van der Waals surface area contributed by atoms with Crippen molar-refractivity contribution in [3.8, 4) is 11.8 Å². The van der Waals surface area contributed by atoms with Gasteiger partial charge in [0, 0.05) is 25.6 Å². The molecule has 0 saturated heterocycles. The lowest BCUT2D eigenvalue weighted by Gasteiger charge is -2.08. The van der Waals surface area contributed by atoms with Gasteiger partial charge in [-0.2, -0.15) is 0 Å². The number of hydrogen-bond acceptors (Lipinski definition) is 3. The molecule has 13 heavy (non-hydrogen) atoms. The molecule has 0 spiro atoms. The van der Waals surface area contributed by atoms with Crippen molar-refractivity contribution in [1.82, 2.24) is 0 Å². The molecule has 0 radical (unpaired) electrons. The van der Waals surface area contributed by atoms with Crippen molar-refractivity contribution in [2.24, 2.45) is 5.92 Å². The van der Waals surface area contributed by atoms with E-state index in [2.05, 4.69) is 11.8 Å². The fourth-order valence-electron chi connectivity index (χ4n) is 0.744. The quantitative estimate of drug-likeness (QED) is 0.423. The van der Waals surface area contributed by atoms with E-state index in [1.807, 2.05) is 0 Å². The van der Waals surface area contributed by atoms with Gasteiger partial charge in [0.2, 0.25) is 0 Å². The van der Waals surface area contributed by atoms with Crippen LogP contribution in [-0.4, -0.2) is 34.6 Å². The normalized spacial score (nSPS) is 14.5. The van der Waals surface area contributed by atoms with Gasteiger partial charge in [0.05, 0.1) is 0 Å². The molecule has 0 aliphatic carbocycles. The van der Waals surface area contributed by atoms with Crippen LogP contribution in [0, 0.1) is 17.8 Å². The van der Waals surface area contributed by atoms with Crippen LogP contribution in [0.5, 0.6) is 0 Å². The van der Waals surface area contributed by atoms with Gasteiger partial charge in [-0.3, -0.25) is 0 Å². The Morgan fingerprint density at radius 2 is 1.92 bits per heavy atom. The minimum Gasteiger partial charge on any atom is -0.396 e. The molecular weight excluding hydrogens is 168 g/mol. The number of rotatable bonds is 5. The molecule has 0 heterocycles. The van der Waals surface area contributed by atoms with Gasteiger partial charge in [0.25, 0.3) is 0 Å². The summed E-state index contributed by atoms with van der Waals surface area (Å²) in [5, 5.41) is 26.4. The summed E-state index contributed by atoms with van der Waals surface area (Å²) < 4.78 is 0. The minimum absolute atomic E-state index is 0.0491. The minimum atomic E-state index is -0.737. The van der Waals surface area contributed by atoms with Gasteiger partial charge in [0.15, 0.2) is 0 Å². The van der Waals surface area contributed by atoms with E-state index in [4.69, 9.17) is 10.2 Å². The molecule has 0 aromatic carbocycles. The van der Waals surface area contributed by atoms with Crippen LogP contribution in [0.2, 0.25) is 0 Å². The van der Waals surface area contributed by atoms with E-state index in [-0.39, 0.29) is 19.1 Å². The Morgan fingerprint density at radius 1 is 1.23 bits per heavy atom. The summed E-state index contributed by atoms with van der Waals surface area (Å²) in [6, 6.07) is 0. The van der Waals surface area contributed by atoms with E-state index in [9.17, 15) is 5.11 Å². The molecule has 3 N–H and O–H groups in total. The molecule has 0 aromatic rings. The molecule has 0 aromatic heterocycles. The van der Waals surface area contributed by atoms with Crippen molar-refractivity contribution in [1.29, 1.82) is 0 Å². The largest absolute Gasteiger partial charge is 0.396 e. The number of aliphatic hydroxyl groups excluding tert-OH is 3. The lowest BCUT2D eigenvalue weighted by molar-refractivity contribution is 0.118. The maximum atomic E-state index is 9.29. The van der Waals surface area contributed by atoms with Gasteiger partial charge >= 0.3 is 0 Å². The van der Waals surface area contributed by atoms with Gasteiger partial charge in [-0.05, 0) is 12.8 Å². The van der Waals surface area contributed by atoms with E-state index in [0.29, 0.717) is 6.42 Å². The van der Waals surface area contributed by atoms with Crippen LogP contribution in [-0.2, 0) is 0 Å². The van der Waals surface area contributed by atoms with Gasteiger partial charge in [0.1, 0.15) is 6.10 Å². The summed E-state index contributed by atoms with van der Waals surface area (Å²) in [5.41, 5.74) is 0. The Labute approximate surface area is 79.4 Å². The Kier molecular flexibility index (Phi) is 7.71. The Bertz CT molecular complexity index is 169. The van der Waals surface area contributed by atoms with E-state index in [0.717, 1.165) is 12.8 Å². The maximum Gasteiger partial charge on any atom is 0.119 e. The molecule has 3 heteroatoms. The lowest BCUT2D eigenvalue weighted by atomic mass is 10.1. The van der Waals surface area contributed by atoms with Crippen molar-refractivity contribution >= 4 is 0 Å². The van der Waals surface area contributed by atoms with Gasteiger partial charge in [-0.15, -0.1) is 5.92 Å². The highest BCUT2D eigenvalue weighted by atomic mass is 16.3. The van der Waals surface area contributed by atoms with E-state index in [1.165, 1.54) is 0 Å². The first-order chi connectivity index (χ1) is 6.22. The topological polar surface area (TPSA) is 60.7 Å². The van der Waals surface area contributed by atoms with Crippen LogP contribution in [0.3, 0.4) is 0 Å². The fraction of sp³-hybridized carbons (Fsp3) is 0.800. The highest BCUT2D eigenvalue weighted by Gasteiger charge is 2.08. The molecular formula is C10H18O3. The molecule has 0 aliphatic heterocycles. The van der Waals surface area contributed by atoms with Crippen LogP contribution in [0.15, 0.2) is 0 Å². The van der Waals surface area contributed by atoms with Crippen molar-refractivity contribution < 1.29 is 15.3 Å². The zero-order valence-electron chi connectivity index (χ0n) is 8.03. The first-order valence-electron chi connectivity index (χ1n) is 4.60. The predicted molar refractivity (Wildman–Crippen MR) is 51.0 cm³/mol. The number of aliphatic hydroxyl groups is 3. The van der Waals surface area contributed by atoms with Gasteiger partial charge < -0.3 is 15.3 Å². The zero-order valence-corrected chi connectivity index (χ0v) is 8.03. The summed E-state index contributed by atoms with van der Waals surface area (Å²) >= 11 is 0. The smallest absolute Gasteiger partial charge is 0.119 e. The summed E-state index contributed by atoms with van der Waals surface area (Å²) in [6.07, 6.45) is 1.55. The second kappa shape index (κ2) is 8.06. The molecule has 0 amide bonds. The van der Waals surface area contributed by atoms with Crippen LogP contribution in [0.25, 0.3) is 0 Å². The van der Waals surface area contributed by atoms with E-state index >= 15 is 0 Å². The third-order valence-corrected chi connectivity index (χ3v) is 1.79. The molecule has 76 valence electrons. The van der Waals surface area contributed by atoms with Crippen LogP contribution in [0.1, 0.15) is 26.2 Å². The predicted octanol–water partition coefficient (Wildman–Crippen LogP) is 0.142.